The minimum absolute atomic E-state index is 0.0678. The van der Waals surface area contributed by atoms with Crippen LogP contribution < -0.4 is 10.2 Å². The summed E-state index contributed by atoms with van der Waals surface area (Å²) in [5, 5.41) is 6.99. The molecule has 8 nitrogen and oxygen atoms in total. The second-order valence-corrected chi connectivity index (χ2v) is 7.87. The number of benzene rings is 2. The highest BCUT2D eigenvalue weighted by molar-refractivity contribution is 6.16. The lowest BCUT2D eigenvalue weighted by molar-refractivity contribution is -0.121. The van der Waals surface area contributed by atoms with Gasteiger partial charge in [-0.15, -0.1) is 0 Å². The molecule has 8 heteroatoms. The second-order valence-electron chi connectivity index (χ2n) is 7.87. The third-order valence-electron chi connectivity index (χ3n) is 5.91. The number of aromatic nitrogens is 2. The predicted octanol–water partition coefficient (Wildman–Crippen LogP) is 2.59. The number of nitrogens with zero attached hydrogens (tertiary/aromatic N) is 4. The van der Waals surface area contributed by atoms with Crippen molar-refractivity contribution in [3.63, 3.8) is 0 Å². The Morgan fingerprint density at radius 3 is 2.53 bits per heavy atom. The number of carbonyl (C=O) groups is 3. The van der Waals surface area contributed by atoms with E-state index in [0.717, 1.165) is 5.56 Å². The van der Waals surface area contributed by atoms with Crippen molar-refractivity contribution in [2.45, 2.75) is 25.6 Å². The van der Waals surface area contributed by atoms with Crippen LogP contribution in [-0.4, -0.2) is 45.5 Å². The van der Waals surface area contributed by atoms with Crippen molar-refractivity contribution in [3.8, 4) is 0 Å². The van der Waals surface area contributed by atoms with Crippen LogP contribution in [0.4, 0.5) is 5.69 Å². The molecule has 3 amide bonds. The van der Waals surface area contributed by atoms with E-state index in [4.69, 9.17) is 0 Å². The lowest BCUT2D eigenvalue weighted by atomic mass is 10.0. The molecule has 3 heterocycles. The Morgan fingerprint density at radius 2 is 1.72 bits per heavy atom. The molecule has 2 aliphatic heterocycles. The number of carbonyl (C=O) groups excluding carboxylic acids is 3. The van der Waals surface area contributed by atoms with Crippen molar-refractivity contribution in [3.05, 3.63) is 83.7 Å². The van der Waals surface area contributed by atoms with Gasteiger partial charge < -0.3 is 10.2 Å². The number of para-hydroxylation sites is 1. The average molecular weight is 429 g/mol. The average Bonchev–Trinajstić information content (AvgIpc) is 3.43. The SMILES string of the molecule is O=C(CCCN1C(=O)c2ccccc2N2C(=O)c3ccccc3[C@H]12)NCCn1cccn1. The van der Waals surface area contributed by atoms with Gasteiger partial charge in [-0.3, -0.25) is 24.0 Å². The molecule has 5 rings (SSSR count). The van der Waals surface area contributed by atoms with E-state index in [-0.39, 0.29) is 17.7 Å². The normalized spacial score (nSPS) is 16.6. The number of anilines is 1. The molecule has 32 heavy (non-hydrogen) atoms. The van der Waals surface area contributed by atoms with Gasteiger partial charge in [0.25, 0.3) is 11.8 Å². The fourth-order valence-electron chi connectivity index (χ4n) is 4.44. The zero-order valence-electron chi connectivity index (χ0n) is 17.5. The molecule has 0 aliphatic carbocycles. The maximum absolute atomic E-state index is 13.3. The molecule has 0 spiro atoms. The number of fused-ring (bicyclic) bond motifs is 5. The molecule has 1 N–H and O–H groups in total. The fourth-order valence-corrected chi connectivity index (χ4v) is 4.44. The Balaban J connectivity index is 1.29. The highest BCUT2D eigenvalue weighted by Gasteiger charge is 2.47. The fraction of sp³-hybridized carbons (Fsp3) is 0.250. The second kappa shape index (κ2) is 8.30. The van der Waals surface area contributed by atoms with Crippen molar-refractivity contribution >= 4 is 23.4 Å². The van der Waals surface area contributed by atoms with Crippen molar-refractivity contribution in [1.82, 2.24) is 20.0 Å². The first kappa shape index (κ1) is 20.0. The zero-order valence-corrected chi connectivity index (χ0v) is 17.5. The molecule has 162 valence electrons. The summed E-state index contributed by atoms with van der Waals surface area (Å²) >= 11 is 0. The van der Waals surface area contributed by atoms with E-state index in [1.165, 1.54) is 0 Å². The summed E-state index contributed by atoms with van der Waals surface area (Å²) < 4.78 is 1.76. The number of amides is 3. The summed E-state index contributed by atoms with van der Waals surface area (Å²) in [4.78, 5) is 42.2. The molecule has 0 unspecified atom stereocenters. The van der Waals surface area contributed by atoms with Gasteiger partial charge in [-0.05, 0) is 30.7 Å². The number of hydrogen-bond acceptors (Lipinski definition) is 4. The van der Waals surface area contributed by atoms with Crippen molar-refractivity contribution in [1.29, 1.82) is 0 Å². The van der Waals surface area contributed by atoms with Crippen molar-refractivity contribution in [2.24, 2.45) is 0 Å². The highest BCUT2D eigenvalue weighted by Crippen LogP contribution is 2.45. The first-order valence-corrected chi connectivity index (χ1v) is 10.7. The van der Waals surface area contributed by atoms with Crippen LogP contribution in [0, 0.1) is 0 Å². The van der Waals surface area contributed by atoms with E-state index >= 15 is 0 Å². The van der Waals surface area contributed by atoms with Crippen LogP contribution in [0.25, 0.3) is 0 Å². The standard InChI is InChI=1S/C24H23N5O3/c30-21(25-13-16-27-14-6-12-26-27)11-5-15-28-22-17-7-1-2-8-18(17)24(32)29(22)20-10-4-3-9-19(20)23(28)31/h1-4,6-10,12,14,22H,5,11,13,15-16H2,(H,25,30)/t22-/m1/s1. The van der Waals surface area contributed by atoms with Gasteiger partial charge in [0.2, 0.25) is 5.91 Å². The molecular weight excluding hydrogens is 406 g/mol. The Morgan fingerprint density at radius 1 is 0.938 bits per heavy atom. The van der Waals surface area contributed by atoms with E-state index < -0.39 is 6.17 Å². The van der Waals surface area contributed by atoms with Gasteiger partial charge in [0.15, 0.2) is 0 Å². The lowest BCUT2D eigenvalue weighted by Crippen LogP contribution is -2.48. The summed E-state index contributed by atoms with van der Waals surface area (Å²) in [5.41, 5.74) is 2.58. The van der Waals surface area contributed by atoms with Crippen molar-refractivity contribution in [2.75, 3.05) is 18.0 Å². The van der Waals surface area contributed by atoms with Gasteiger partial charge in [0, 0.05) is 43.0 Å². The third kappa shape index (κ3) is 3.43. The molecule has 1 aromatic heterocycles. The van der Waals surface area contributed by atoms with Gasteiger partial charge in [-0.2, -0.15) is 5.10 Å². The van der Waals surface area contributed by atoms with E-state index in [0.29, 0.717) is 49.3 Å². The summed E-state index contributed by atoms with van der Waals surface area (Å²) in [7, 11) is 0. The molecule has 1 atom stereocenters. The molecule has 3 aromatic rings. The van der Waals surface area contributed by atoms with Gasteiger partial charge in [-0.1, -0.05) is 30.3 Å². The molecule has 0 fully saturated rings. The molecular formula is C24H23N5O3. The first-order chi connectivity index (χ1) is 15.6. The summed E-state index contributed by atoms with van der Waals surface area (Å²) in [6.45, 7) is 1.48. The molecule has 2 aromatic carbocycles. The third-order valence-corrected chi connectivity index (χ3v) is 5.91. The summed E-state index contributed by atoms with van der Waals surface area (Å²) in [6.07, 6.45) is 3.86. The van der Waals surface area contributed by atoms with Crippen LogP contribution in [0.2, 0.25) is 0 Å². The van der Waals surface area contributed by atoms with Gasteiger partial charge >= 0.3 is 0 Å². The Kier molecular flexibility index (Phi) is 5.18. The van der Waals surface area contributed by atoms with Crippen LogP contribution in [0.3, 0.4) is 0 Å². The maximum Gasteiger partial charge on any atom is 0.260 e. The van der Waals surface area contributed by atoms with Crippen molar-refractivity contribution < 1.29 is 14.4 Å². The Bertz CT molecular complexity index is 1170. The van der Waals surface area contributed by atoms with Crippen LogP contribution in [0.15, 0.2) is 67.0 Å². The van der Waals surface area contributed by atoms with Gasteiger partial charge in [-0.25, -0.2) is 0 Å². The number of rotatable bonds is 7. The lowest BCUT2D eigenvalue weighted by Gasteiger charge is -2.41. The number of hydrogen-bond donors (Lipinski definition) is 1. The van der Waals surface area contributed by atoms with E-state index in [1.54, 1.807) is 38.9 Å². The molecule has 0 radical (unpaired) electrons. The zero-order chi connectivity index (χ0) is 22.1. The highest BCUT2D eigenvalue weighted by atomic mass is 16.2. The van der Waals surface area contributed by atoms with Crippen LogP contribution in [-0.2, 0) is 11.3 Å². The monoisotopic (exact) mass is 429 g/mol. The van der Waals surface area contributed by atoms with Crippen LogP contribution in [0.1, 0.15) is 45.3 Å². The van der Waals surface area contributed by atoms with E-state index in [1.807, 2.05) is 42.6 Å². The molecule has 0 bridgehead atoms. The summed E-state index contributed by atoms with van der Waals surface area (Å²) in [5.74, 6) is -0.292. The minimum atomic E-state index is -0.482. The molecule has 0 saturated carbocycles. The first-order valence-electron chi connectivity index (χ1n) is 10.7. The predicted molar refractivity (Wildman–Crippen MR) is 118 cm³/mol. The van der Waals surface area contributed by atoms with Crippen LogP contribution >= 0.6 is 0 Å². The smallest absolute Gasteiger partial charge is 0.260 e. The Hall–Kier alpha value is -3.94. The Labute approximate surface area is 185 Å². The quantitative estimate of drug-likeness (QED) is 0.625. The maximum atomic E-state index is 13.3. The largest absolute Gasteiger partial charge is 0.354 e. The molecule has 0 saturated heterocycles. The van der Waals surface area contributed by atoms with Gasteiger partial charge in [0.1, 0.15) is 6.17 Å². The van der Waals surface area contributed by atoms with E-state index in [2.05, 4.69) is 10.4 Å². The topological polar surface area (TPSA) is 87.5 Å². The minimum Gasteiger partial charge on any atom is -0.354 e. The van der Waals surface area contributed by atoms with Gasteiger partial charge in [0.05, 0.1) is 17.8 Å². The summed E-state index contributed by atoms with van der Waals surface area (Å²) in [6, 6.07) is 16.5. The molecule has 2 aliphatic rings. The van der Waals surface area contributed by atoms with E-state index in [9.17, 15) is 14.4 Å². The van der Waals surface area contributed by atoms with Crippen LogP contribution in [0.5, 0.6) is 0 Å². The number of nitrogens with one attached hydrogen (secondary N) is 1.